The first-order valence-electron chi connectivity index (χ1n) is 7.05. The zero-order chi connectivity index (χ0) is 14.7. The third-order valence-electron chi connectivity index (χ3n) is 3.74. The first-order chi connectivity index (χ1) is 10.3. The summed E-state index contributed by atoms with van der Waals surface area (Å²) in [6.07, 6.45) is 0.933. The van der Waals surface area contributed by atoms with Crippen molar-refractivity contribution in [2.24, 2.45) is 0 Å². The zero-order valence-electron chi connectivity index (χ0n) is 11.9. The minimum absolute atomic E-state index is 0.248. The second-order valence-electron chi connectivity index (χ2n) is 5.06. The molecule has 0 bridgehead atoms. The highest BCUT2D eigenvalue weighted by Gasteiger charge is 2.21. The maximum absolute atomic E-state index is 6.10. The normalized spacial score (nSPS) is 17.0. The summed E-state index contributed by atoms with van der Waals surface area (Å²) in [5, 5.41) is 4.32. The van der Waals surface area contributed by atoms with Gasteiger partial charge in [0.05, 0.1) is 13.7 Å². The van der Waals surface area contributed by atoms with Gasteiger partial charge in [-0.15, -0.1) is 0 Å². The topological polar surface area (TPSA) is 30.5 Å². The van der Waals surface area contributed by atoms with Crippen molar-refractivity contribution in [3.8, 4) is 11.5 Å². The highest BCUT2D eigenvalue weighted by atomic mass is 35.5. The van der Waals surface area contributed by atoms with Crippen LogP contribution in [0, 0.1) is 0 Å². The van der Waals surface area contributed by atoms with Gasteiger partial charge in [-0.1, -0.05) is 29.8 Å². The van der Waals surface area contributed by atoms with Crippen LogP contribution in [0.1, 0.15) is 23.6 Å². The summed E-state index contributed by atoms with van der Waals surface area (Å²) in [5.74, 6) is 1.83. The van der Waals surface area contributed by atoms with E-state index in [1.165, 1.54) is 0 Å². The van der Waals surface area contributed by atoms with E-state index in [4.69, 9.17) is 21.1 Å². The average Bonchev–Trinajstić information content (AvgIpc) is 2.53. The molecule has 1 N–H and O–H groups in total. The summed E-state index contributed by atoms with van der Waals surface area (Å²) in [6, 6.07) is 14.1. The quantitative estimate of drug-likeness (QED) is 0.927. The fraction of sp³-hybridized carbons (Fsp3) is 0.294. The van der Waals surface area contributed by atoms with Gasteiger partial charge in [0.2, 0.25) is 0 Å². The molecule has 0 fully saturated rings. The van der Waals surface area contributed by atoms with Gasteiger partial charge in [0.25, 0.3) is 0 Å². The molecule has 21 heavy (non-hydrogen) atoms. The van der Waals surface area contributed by atoms with Crippen molar-refractivity contribution in [2.45, 2.75) is 19.0 Å². The highest BCUT2D eigenvalue weighted by molar-refractivity contribution is 6.30. The lowest BCUT2D eigenvalue weighted by Gasteiger charge is -2.27. The number of hydrogen-bond acceptors (Lipinski definition) is 3. The van der Waals surface area contributed by atoms with E-state index >= 15 is 0 Å². The fourth-order valence-corrected chi connectivity index (χ4v) is 2.84. The molecule has 1 atom stereocenters. The summed E-state index contributed by atoms with van der Waals surface area (Å²) in [4.78, 5) is 0. The van der Waals surface area contributed by atoms with Gasteiger partial charge >= 0.3 is 0 Å². The fourth-order valence-electron chi connectivity index (χ4n) is 2.66. The highest BCUT2D eigenvalue weighted by Crippen LogP contribution is 2.34. The van der Waals surface area contributed by atoms with Crippen LogP contribution in [0.2, 0.25) is 5.02 Å². The van der Waals surface area contributed by atoms with Gasteiger partial charge in [-0.25, -0.2) is 0 Å². The number of fused-ring (bicyclic) bond motifs is 1. The minimum atomic E-state index is 0.248. The van der Waals surface area contributed by atoms with E-state index in [-0.39, 0.29) is 6.04 Å². The number of ether oxygens (including phenoxy) is 2. The Balaban J connectivity index is 1.76. The second-order valence-corrected chi connectivity index (χ2v) is 5.50. The molecule has 2 aromatic rings. The van der Waals surface area contributed by atoms with E-state index < -0.39 is 0 Å². The van der Waals surface area contributed by atoms with Crippen molar-refractivity contribution in [1.82, 2.24) is 5.32 Å². The molecule has 0 aliphatic carbocycles. The van der Waals surface area contributed by atoms with Crippen LogP contribution in [-0.2, 0) is 6.54 Å². The van der Waals surface area contributed by atoms with Gasteiger partial charge < -0.3 is 14.8 Å². The summed E-state index contributed by atoms with van der Waals surface area (Å²) in [5.41, 5.74) is 2.28. The van der Waals surface area contributed by atoms with Crippen LogP contribution in [0.4, 0.5) is 0 Å². The Labute approximate surface area is 129 Å². The van der Waals surface area contributed by atoms with Crippen LogP contribution >= 0.6 is 11.6 Å². The Morgan fingerprint density at radius 2 is 2.14 bits per heavy atom. The number of para-hydroxylation sites is 1. The van der Waals surface area contributed by atoms with Gasteiger partial charge in [-0.05, 0) is 24.3 Å². The third kappa shape index (κ3) is 3.14. The maximum Gasteiger partial charge on any atom is 0.124 e. The number of methoxy groups -OCH3 is 1. The predicted molar refractivity (Wildman–Crippen MR) is 84.1 cm³/mol. The summed E-state index contributed by atoms with van der Waals surface area (Å²) < 4.78 is 11.1. The number of nitrogens with one attached hydrogen (secondary N) is 1. The van der Waals surface area contributed by atoms with E-state index in [1.807, 2.05) is 36.4 Å². The number of halogens is 1. The van der Waals surface area contributed by atoms with E-state index in [2.05, 4.69) is 11.4 Å². The van der Waals surface area contributed by atoms with Gasteiger partial charge in [0, 0.05) is 35.2 Å². The molecule has 4 heteroatoms. The second kappa shape index (κ2) is 6.37. The standard InChI is InChI=1S/C17H18ClNO2/c1-20-16-5-3-2-4-12(16)11-19-15-8-9-21-17-7-6-13(18)10-14(15)17/h2-7,10,15,19H,8-9,11H2,1H3. The lowest BCUT2D eigenvalue weighted by Crippen LogP contribution is -2.26. The van der Waals surface area contributed by atoms with E-state index in [0.29, 0.717) is 0 Å². The molecule has 1 unspecified atom stereocenters. The Kier molecular flexibility index (Phi) is 4.32. The van der Waals surface area contributed by atoms with Crippen molar-refractivity contribution in [3.05, 3.63) is 58.6 Å². The SMILES string of the molecule is COc1ccccc1CNC1CCOc2ccc(Cl)cc21. The molecule has 1 aliphatic heterocycles. The lowest BCUT2D eigenvalue weighted by molar-refractivity contribution is 0.252. The summed E-state index contributed by atoms with van der Waals surface area (Å²) in [7, 11) is 1.70. The molecule has 2 aromatic carbocycles. The molecule has 1 heterocycles. The van der Waals surface area contributed by atoms with Crippen molar-refractivity contribution >= 4 is 11.6 Å². The smallest absolute Gasteiger partial charge is 0.124 e. The van der Waals surface area contributed by atoms with Crippen LogP contribution < -0.4 is 14.8 Å². The van der Waals surface area contributed by atoms with Crippen molar-refractivity contribution in [1.29, 1.82) is 0 Å². The molecular weight excluding hydrogens is 286 g/mol. The van der Waals surface area contributed by atoms with E-state index in [9.17, 15) is 0 Å². The summed E-state index contributed by atoms with van der Waals surface area (Å²) in [6.45, 7) is 1.47. The first-order valence-corrected chi connectivity index (χ1v) is 7.43. The van der Waals surface area contributed by atoms with Crippen molar-refractivity contribution < 1.29 is 9.47 Å². The molecular formula is C17H18ClNO2. The van der Waals surface area contributed by atoms with Crippen molar-refractivity contribution in [3.63, 3.8) is 0 Å². The van der Waals surface area contributed by atoms with Crippen molar-refractivity contribution in [2.75, 3.05) is 13.7 Å². The largest absolute Gasteiger partial charge is 0.496 e. The third-order valence-corrected chi connectivity index (χ3v) is 3.98. The zero-order valence-corrected chi connectivity index (χ0v) is 12.7. The molecule has 3 rings (SSSR count). The molecule has 110 valence electrons. The molecule has 0 amide bonds. The van der Waals surface area contributed by atoms with Crippen LogP contribution in [0.3, 0.4) is 0 Å². The molecule has 0 spiro atoms. The Morgan fingerprint density at radius 1 is 1.29 bits per heavy atom. The van der Waals surface area contributed by atoms with Crippen LogP contribution in [0.5, 0.6) is 11.5 Å². The molecule has 0 saturated heterocycles. The number of hydrogen-bond donors (Lipinski definition) is 1. The summed E-state index contributed by atoms with van der Waals surface area (Å²) >= 11 is 6.10. The van der Waals surface area contributed by atoms with Gasteiger partial charge in [-0.3, -0.25) is 0 Å². The van der Waals surface area contributed by atoms with Crippen LogP contribution in [0.15, 0.2) is 42.5 Å². The van der Waals surface area contributed by atoms with Gasteiger partial charge in [0.1, 0.15) is 11.5 Å². The van der Waals surface area contributed by atoms with E-state index in [1.54, 1.807) is 7.11 Å². The molecule has 1 aliphatic rings. The number of benzene rings is 2. The van der Waals surface area contributed by atoms with Gasteiger partial charge in [0.15, 0.2) is 0 Å². The predicted octanol–water partition coefficient (Wildman–Crippen LogP) is 3.96. The maximum atomic E-state index is 6.10. The Bertz CT molecular complexity index is 630. The van der Waals surface area contributed by atoms with Crippen LogP contribution in [0.25, 0.3) is 0 Å². The Hall–Kier alpha value is -1.71. The van der Waals surface area contributed by atoms with Gasteiger partial charge in [-0.2, -0.15) is 0 Å². The molecule has 0 radical (unpaired) electrons. The first kappa shape index (κ1) is 14.2. The lowest BCUT2D eigenvalue weighted by atomic mass is 10.00. The molecule has 0 aromatic heterocycles. The molecule has 0 saturated carbocycles. The minimum Gasteiger partial charge on any atom is -0.496 e. The monoisotopic (exact) mass is 303 g/mol. The molecule has 3 nitrogen and oxygen atoms in total. The van der Waals surface area contributed by atoms with Crippen LogP contribution in [-0.4, -0.2) is 13.7 Å². The Morgan fingerprint density at radius 3 is 3.00 bits per heavy atom. The van der Waals surface area contributed by atoms with E-state index in [0.717, 1.165) is 47.2 Å². The number of rotatable bonds is 4. The average molecular weight is 304 g/mol.